The third-order valence-electron chi connectivity index (χ3n) is 4.97. The van der Waals surface area contributed by atoms with Crippen LogP contribution in [0, 0.1) is 0 Å². The van der Waals surface area contributed by atoms with Crippen LogP contribution in [0.15, 0.2) is 77.7 Å². The molecule has 0 saturated carbocycles. The predicted octanol–water partition coefficient (Wildman–Crippen LogP) is 5.15. The minimum absolute atomic E-state index is 0.149. The number of carbonyl (C=O) groups is 2. The molecule has 0 fully saturated rings. The van der Waals surface area contributed by atoms with Crippen molar-refractivity contribution in [2.45, 2.75) is 17.2 Å². The zero-order valence-electron chi connectivity index (χ0n) is 18.9. The second-order valence-corrected chi connectivity index (χ2v) is 10.3. The van der Waals surface area contributed by atoms with Crippen LogP contribution in [0.2, 0.25) is 5.02 Å². The molecule has 0 bridgehead atoms. The lowest BCUT2D eigenvalue weighted by Gasteiger charge is -2.19. The van der Waals surface area contributed by atoms with E-state index >= 15 is 0 Å². The van der Waals surface area contributed by atoms with E-state index in [0.29, 0.717) is 6.07 Å². The van der Waals surface area contributed by atoms with Gasteiger partial charge in [-0.25, -0.2) is 17.5 Å². The Kier molecular flexibility index (Phi) is 8.07. The number of hydrogen-bond donors (Lipinski definition) is 1. The Labute approximate surface area is 210 Å². The zero-order chi connectivity index (χ0) is 26.7. The van der Waals surface area contributed by atoms with E-state index in [4.69, 9.17) is 16.3 Å². The lowest BCUT2D eigenvalue weighted by atomic mass is 10.1. The van der Waals surface area contributed by atoms with Gasteiger partial charge in [0.05, 0.1) is 26.7 Å². The quantitative estimate of drug-likeness (QED) is 0.419. The minimum Gasteiger partial charge on any atom is -0.444 e. The number of carbonyl (C=O) groups excluding carboxylic acids is 2. The molecule has 12 heteroatoms. The Bertz CT molecular complexity index is 1380. The van der Waals surface area contributed by atoms with E-state index in [2.05, 4.69) is 5.32 Å². The molecule has 3 aromatic rings. The molecule has 0 aliphatic heterocycles. The monoisotopic (exact) mass is 540 g/mol. The number of nitrogens with one attached hydrogen (secondary N) is 1. The molecule has 1 atom stereocenters. The van der Waals surface area contributed by atoms with Crippen molar-refractivity contribution in [3.63, 3.8) is 0 Å². The Hall–Kier alpha value is -3.41. The van der Waals surface area contributed by atoms with Crippen molar-refractivity contribution >= 4 is 39.2 Å². The number of amides is 1. The van der Waals surface area contributed by atoms with Crippen LogP contribution in [0.3, 0.4) is 0 Å². The molecule has 1 N–H and O–H groups in total. The van der Waals surface area contributed by atoms with Gasteiger partial charge in [0.15, 0.2) is 0 Å². The maximum Gasteiger partial charge on any atom is 0.416 e. The molecule has 0 aromatic heterocycles. The molecule has 3 rings (SSSR count). The van der Waals surface area contributed by atoms with Gasteiger partial charge >= 0.3 is 12.1 Å². The van der Waals surface area contributed by atoms with E-state index in [-0.39, 0.29) is 26.7 Å². The number of rotatable bonds is 7. The first-order chi connectivity index (χ1) is 16.8. The maximum atomic E-state index is 13.1. The van der Waals surface area contributed by atoms with E-state index < -0.39 is 39.7 Å². The van der Waals surface area contributed by atoms with Crippen molar-refractivity contribution in [3.05, 3.63) is 94.5 Å². The topological polar surface area (TPSA) is 92.8 Å². The standard InChI is InChI=1S/C24H20ClF3N2O5S/c1-30(2)36(33,34)18-10-6-9-16(13-18)23(32)35-21(15-7-4-3-5-8-15)22(31)29-20-14-17(24(26,27)28)11-12-19(20)25/h3-14,21H,1-2H3,(H,29,31)/t21-/m1/s1. The van der Waals surface area contributed by atoms with Gasteiger partial charge in [-0.1, -0.05) is 48.0 Å². The summed E-state index contributed by atoms with van der Waals surface area (Å²) in [7, 11) is -1.20. The van der Waals surface area contributed by atoms with E-state index in [1.807, 2.05) is 0 Å². The van der Waals surface area contributed by atoms with E-state index in [1.165, 1.54) is 44.4 Å². The molecule has 0 heterocycles. The lowest BCUT2D eigenvalue weighted by Crippen LogP contribution is -2.26. The highest BCUT2D eigenvalue weighted by molar-refractivity contribution is 7.89. The van der Waals surface area contributed by atoms with Crippen LogP contribution in [-0.2, 0) is 25.7 Å². The molecular formula is C24H20ClF3N2O5S. The fourth-order valence-electron chi connectivity index (χ4n) is 3.07. The Morgan fingerprint density at radius 2 is 1.64 bits per heavy atom. The van der Waals surface area contributed by atoms with Gasteiger partial charge in [-0.3, -0.25) is 4.79 Å². The fraction of sp³-hybridized carbons (Fsp3) is 0.167. The summed E-state index contributed by atoms with van der Waals surface area (Å²) in [6, 6.07) is 15.2. The van der Waals surface area contributed by atoms with Crippen LogP contribution in [0.25, 0.3) is 0 Å². The summed E-state index contributed by atoms with van der Waals surface area (Å²) in [6.07, 6.45) is -6.26. The Balaban J connectivity index is 1.93. The van der Waals surface area contributed by atoms with Crippen molar-refractivity contribution < 1.29 is 35.9 Å². The van der Waals surface area contributed by atoms with Crippen molar-refractivity contribution in [1.29, 1.82) is 0 Å². The van der Waals surface area contributed by atoms with Crippen molar-refractivity contribution in [3.8, 4) is 0 Å². The normalized spacial score (nSPS) is 12.8. The number of benzene rings is 3. The summed E-state index contributed by atoms with van der Waals surface area (Å²) in [6.45, 7) is 0. The number of ether oxygens (including phenoxy) is 1. The Morgan fingerprint density at radius 1 is 0.972 bits per heavy atom. The van der Waals surface area contributed by atoms with Crippen molar-refractivity contribution in [1.82, 2.24) is 4.31 Å². The number of sulfonamides is 1. The zero-order valence-corrected chi connectivity index (χ0v) is 20.5. The summed E-state index contributed by atoms with van der Waals surface area (Å²) in [5.74, 6) is -1.99. The van der Waals surface area contributed by atoms with E-state index in [1.54, 1.807) is 18.2 Å². The van der Waals surface area contributed by atoms with Crippen molar-refractivity contribution in [2.24, 2.45) is 0 Å². The minimum atomic E-state index is -4.67. The SMILES string of the molecule is CN(C)S(=O)(=O)c1cccc(C(=O)O[C@@H](C(=O)Nc2cc(C(F)(F)F)ccc2Cl)c2ccccc2)c1. The summed E-state index contributed by atoms with van der Waals surface area (Å²) >= 11 is 5.98. The molecule has 0 unspecified atom stereocenters. The smallest absolute Gasteiger partial charge is 0.416 e. The van der Waals surface area contributed by atoms with Gasteiger partial charge in [-0.05, 0) is 36.4 Å². The predicted molar refractivity (Wildman–Crippen MR) is 127 cm³/mol. The largest absolute Gasteiger partial charge is 0.444 e. The summed E-state index contributed by atoms with van der Waals surface area (Å²) < 4.78 is 70.5. The highest BCUT2D eigenvalue weighted by Crippen LogP contribution is 2.34. The number of nitrogens with zero attached hydrogens (tertiary/aromatic N) is 1. The summed E-state index contributed by atoms with van der Waals surface area (Å²) in [5, 5.41) is 2.12. The van der Waals surface area contributed by atoms with Crippen LogP contribution in [-0.4, -0.2) is 38.7 Å². The highest BCUT2D eigenvalue weighted by atomic mass is 35.5. The van der Waals surface area contributed by atoms with Gasteiger partial charge in [0.1, 0.15) is 0 Å². The van der Waals surface area contributed by atoms with Gasteiger partial charge in [-0.2, -0.15) is 13.2 Å². The second kappa shape index (κ2) is 10.7. The third kappa shape index (κ3) is 6.23. The number of halogens is 4. The van der Waals surface area contributed by atoms with E-state index in [0.717, 1.165) is 22.5 Å². The molecule has 0 spiro atoms. The average Bonchev–Trinajstić information content (AvgIpc) is 2.83. The Morgan fingerprint density at radius 3 is 2.25 bits per heavy atom. The number of hydrogen-bond acceptors (Lipinski definition) is 5. The van der Waals surface area contributed by atoms with Crippen LogP contribution in [0.4, 0.5) is 18.9 Å². The van der Waals surface area contributed by atoms with Gasteiger partial charge in [0, 0.05) is 19.7 Å². The highest BCUT2D eigenvalue weighted by Gasteiger charge is 2.32. The first-order valence-electron chi connectivity index (χ1n) is 10.3. The molecule has 0 radical (unpaired) electrons. The van der Waals surface area contributed by atoms with Gasteiger partial charge in [0.25, 0.3) is 5.91 Å². The van der Waals surface area contributed by atoms with Crippen LogP contribution >= 0.6 is 11.6 Å². The molecular weight excluding hydrogens is 521 g/mol. The third-order valence-corrected chi connectivity index (χ3v) is 7.11. The summed E-state index contributed by atoms with van der Waals surface area (Å²) in [4.78, 5) is 25.8. The second-order valence-electron chi connectivity index (χ2n) is 7.69. The van der Waals surface area contributed by atoms with Crippen LogP contribution in [0.1, 0.15) is 27.6 Å². The van der Waals surface area contributed by atoms with Gasteiger partial charge in [-0.15, -0.1) is 0 Å². The van der Waals surface area contributed by atoms with E-state index in [9.17, 15) is 31.2 Å². The molecule has 190 valence electrons. The average molecular weight is 541 g/mol. The molecule has 1 amide bonds. The maximum absolute atomic E-state index is 13.1. The summed E-state index contributed by atoms with van der Waals surface area (Å²) in [5.41, 5.74) is -1.28. The molecule has 36 heavy (non-hydrogen) atoms. The number of esters is 1. The number of alkyl halides is 3. The fourth-order valence-corrected chi connectivity index (χ4v) is 4.18. The first kappa shape index (κ1) is 27.2. The van der Waals surface area contributed by atoms with Crippen LogP contribution in [0.5, 0.6) is 0 Å². The van der Waals surface area contributed by atoms with Gasteiger partial charge < -0.3 is 10.1 Å². The molecule has 0 aliphatic rings. The number of anilines is 1. The molecule has 0 aliphatic carbocycles. The first-order valence-corrected chi connectivity index (χ1v) is 12.1. The van der Waals surface area contributed by atoms with Gasteiger partial charge in [0.2, 0.25) is 16.1 Å². The molecule has 0 saturated heterocycles. The molecule has 3 aromatic carbocycles. The van der Waals surface area contributed by atoms with Crippen molar-refractivity contribution in [2.75, 3.05) is 19.4 Å². The van der Waals surface area contributed by atoms with Crippen LogP contribution < -0.4 is 5.32 Å². The lowest BCUT2D eigenvalue weighted by molar-refractivity contribution is -0.137. The molecule has 7 nitrogen and oxygen atoms in total.